The lowest BCUT2D eigenvalue weighted by Gasteiger charge is -2.12. The Morgan fingerprint density at radius 2 is 1.11 bits per heavy atom. The van der Waals surface area contributed by atoms with E-state index in [-0.39, 0.29) is 0 Å². The van der Waals surface area contributed by atoms with Crippen molar-refractivity contribution in [2.24, 2.45) is 0 Å². The molecule has 244 valence electrons. The maximum absolute atomic E-state index is 6.57. The minimum Gasteiger partial charge on any atom is -0.437 e. The van der Waals surface area contributed by atoms with Gasteiger partial charge in [0.2, 0.25) is 5.71 Å². The highest BCUT2D eigenvalue weighted by atomic mass is 16.3. The van der Waals surface area contributed by atoms with Crippen LogP contribution in [0.4, 0.5) is 0 Å². The van der Waals surface area contributed by atoms with E-state index in [0.29, 0.717) is 11.5 Å². The summed E-state index contributed by atoms with van der Waals surface area (Å²) in [5.74, 6) is 1.43. The van der Waals surface area contributed by atoms with Crippen LogP contribution in [0.5, 0.6) is 0 Å². The van der Waals surface area contributed by atoms with E-state index in [4.69, 9.17) is 14.4 Å². The summed E-state index contributed by atoms with van der Waals surface area (Å²) in [4.78, 5) is 10.7. The van der Waals surface area contributed by atoms with Gasteiger partial charge in [-0.1, -0.05) is 121 Å². The molecule has 0 saturated heterocycles. The van der Waals surface area contributed by atoms with Crippen LogP contribution in [0, 0.1) is 0 Å². The molecule has 13 rings (SSSR count). The first-order valence-corrected chi connectivity index (χ1v) is 18.0. The third-order valence-electron chi connectivity index (χ3n) is 11.4. The van der Waals surface area contributed by atoms with Crippen molar-refractivity contribution in [2.45, 2.75) is 0 Å². The molecule has 5 nitrogen and oxygen atoms in total. The van der Waals surface area contributed by atoms with Gasteiger partial charge in [0.05, 0.1) is 33.0 Å². The van der Waals surface area contributed by atoms with Gasteiger partial charge in [-0.05, 0) is 57.9 Å². The molecule has 0 spiro atoms. The average molecular weight is 675 g/mol. The first kappa shape index (κ1) is 27.5. The molecule has 0 atom stereocenters. The quantitative estimate of drug-likeness (QED) is 0.183. The van der Waals surface area contributed by atoms with E-state index < -0.39 is 0 Å². The predicted octanol–water partition coefficient (Wildman–Crippen LogP) is 12.6. The molecule has 5 heteroatoms. The minimum atomic E-state index is 0.573. The van der Waals surface area contributed by atoms with Gasteiger partial charge in [-0.3, -0.25) is 4.57 Å². The fraction of sp³-hybridized carbons (Fsp3) is 0. The van der Waals surface area contributed by atoms with Gasteiger partial charge in [0.25, 0.3) is 0 Å². The summed E-state index contributed by atoms with van der Waals surface area (Å²) < 4.78 is 11.4. The molecule has 13 aromatic rings. The molecule has 0 saturated carbocycles. The molecule has 5 aromatic heterocycles. The lowest BCUT2D eigenvalue weighted by molar-refractivity contribution is 0.653. The number of rotatable bonds is 2. The van der Waals surface area contributed by atoms with E-state index in [1.54, 1.807) is 0 Å². The highest BCUT2D eigenvalue weighted by molar-refractivity contribution is 6.36. The van der Waals surface area contributed by atoms with Gasteiger partial charge < -0.3 is 8.82 Å². The van der Waals surface area contributed by atoms with E-state index in [0.717, 1.165) is 44.2 Å². The molecule has 0 radical (unpaired) electrons. The van der Waals surface area contributed by atoms with Gasteiger partial charge >= 0.3 is 0 Å². The lowest BCUT2D eigenvalue weighted by atomic mass is 10.00. The van der Waals surface area contributed by atoms with Crippen molar-refractivity contribution in [2.75, 3.05) is 0 Å². The molecule has 0 aliphatic heterocycles. The number of nitrogens with zero attached hydrogens (tertiary/aromatic N) is 4. The fourth-order valence-corrected chi connectivity index (χ4v) is 9.22. The van der Waals surface area contributed by atoms with Gasteiger partial charge in [0, 0.05) is 43.3 Å². The summed E-state index contributed by atoms with van der Waals surface area (Å²) in [6, 6.07) is 56.4. The molecule has 5 heterocycles. The number of furan rings is 1. The van der Waals surface area contributed by atoms with Crippen molar-refractivity contribution in [3.63, 3.8) is 0 Å². The van der Waals surface area contributed by atoms with Gasteiger partial charge in [-0.15, -0.1) is 0 Å². The Balaban J connectivity index is 1.27. The molecule has 0 unspecified atom stereocenters. The maximum Gasteiger partial charge on any atom is 0.233 e. The first-order chi connectivity index (χ1) is 26.3. The SMILES string of the molecule is c1ccc2cc(-c3nc(-n4c5ccccc5c5cc6c7c8ccccc8ccc7n7c8ccccc8c(c54)c67)c4c(n3)oc3ccccc34)ccc2c1. The van der Waals surface area contributed by atoms with Crippen LogP contribution >= 0.6 is 0 Å². The zero-order valence-electron chi connectivity index (χ0n) is 28.2. The van der Waals surface area contributed by atoms with Crippen LogP contribution in [0.2, 0.25) is 0 Å². The number of aromatic nitrogens is 4. The highest BCUT2D eigenvalue weighted by Crippen LogP contribution is 2.48. The fourth-order valence-electron chi connectivity index (χ4n) is 9.22. The normalized spacial score (nSPS) is 12.5. The summed E-state index contributed by atoms with van der Waals surface area (Å²) in [6.07, 6.45) is 0. The lowest BCUT2D eigenvalue weighted by Crippen LogP contribution is -2.02. The Bertz CT molecular complexity index is 3700. The van der Waals surface area contributed by atoms with E-state index in [2.05, 4.69) is 155 Å². The first-order valence-electron chi connectivity index (χ1n) is 18.0. The van der Waals surface area contributed by atoms with Crippen molar-refractivity contribution in [3.05, 3.63) is 158 Å². The van der Waals surface area contributed by atoms with Crippen LogP contribution in [-0.4, -0.2) is 18.9 Å². The number of hydrogen-bond donors (Lipinski definition) is 0. The van der Waals surface area contributed by atoms with Gasteiger partial charge in [-0.2, -0.15) is 4.98 Å². The molecule has 0 fully saturated rings. The smallest absolute Gasteiger partial charge is 0.233 e. The minimum absolute atomic E-state index is 0.573. The molecular formula is C48H26N4O. The monoisotopic (exact) mass is 674 g/mol. The van der Waals surface area contributed by atoms with E-state index >= 15 is 0 Å². The van der Waals surface area contributed by atoms with Crippen LogP contribution in [0.15, 0.2) is 162 Å². The maximum atomic E-state index is 6.57. The Morgan fingerprint density at radius 1 is 0.415 bits per heavy atom. The van der Waals surface area contributed by atoms with Gasteiger partial charge in [-0.25, -0.2) is 4.98 Å². The standard InChI is InChI=1S/C48H26N4O/c1-2-13-29-25-30(22-21-27(29)11-1)46-49-47(43-34-17-7-10-20-40(34)53-48(43)50-46)52-37-18-8-5-15-32(37)35-26-36-41-31-14-4-3-12-28(31)23-24-39(41)51-38-19-9-6-16-33(38)42(44(35)52)45(36)51/h1-26H. The van der Waals surface area contributed by atoms with Crippen LogP contribution in [0.3, 0.4) is 0 Å². The average Bonchev–Trinajstić information content (AvgIpc) is 3.95. The van der Waals surface area contributed by atoms with Crippen molar-refractivity contribution in [1.29, 1.82) is 0 Å². The van der Waals surface area contributed by atoms with E-state index in [1.165, 1.54) is 65.0 Å². The third kappa shape index (κ3) is 3.46. The summed E-state index contributed by atoms with van der Waals surface area (Å²) in [7, 11) is 0. The zero-order chi connectivity index (χ0) is 34.4. The van der Waals surface area contributed by atoms with Gasteiger partial charge in [0.1, 0.15) is 5.58 Å². The van der Waals surface area contributed by atoms with Crippen molar-refractivity contribution < 1.29 is 4.42 Å². The second-order valence-corrected chi connectivity index (χ2v) is 14.1. The van der Waals surface area contributed by atoms with Crippen molar-refractivity contribution >= 4 is 104 Å². The molecule has 8 aromatic carbocycles. The summed E-state index contributed by atoms with van der Waals surface area (Å²) in [5, 5.41) is 14.1. The highest BCUT2D eigenvalue weighted by Gasteiger charge is 2.27. The Morgan fingerprint density at radius 3 is 2.00 bits per heavy atom. The van der Waals surface area contributed by atoms with Crippen LogP contribution in [0.1, 0.15) is 0 Å². The molecule has 0 bridgehead atoms. The van der Waals surface area contributed by atoms with E-state index in [1.807, 2.05) is 12.1 Å². The molecule has 53 heavy (non-hydrogen) atoms. The van der Waals surface area contributed by atoms with Crippen molar-refractivity contribution in [3.8, 4) is 17.2 Å². The van der Waals surface area contributed by atoms with E-state index in [9.17, 15) is 0 Å². The second kappa shape index (κ2) is 9.75. The topological polar surface area (TPSA) is 48.3 Å². The largest absolute Gasteiger partial charge is 0.437 e. The summed E-state index contributed by atoms with van der Waals surface area (Å²) >= 11 is 0. The Hall–Kier alpha value is -7.24. The zero-order valence-corrected chi connectivity index (χ0v) is 28.2. The summed E-state index contributed by atoms with van der Waals surface area (Å²) in [5.41, 5.74) is 8.17. The second-order valence-electron chi connectivity index (χ2n) is 14.1. The molecular weight excluding hydrogens is 649 g/mol. The molecule has 0 N–H and O–H groups in total. The number of hydrogen-bond acceptors (Lipinski definition) is 3. The molecule has 0 aliphatic carbocycles. The van der Waals surface area contributed by atoms with Crippen LogP contribution in [0.25, 0.3) is 121 Å². The number of para-hydroxylation sites is 3. The number of fused-ring (bicyclic) bond motifs is 16. The van der Waals surface area contributed by atoms with Gasteiger partial charge in [0.15, 0.2) is 11.6 Å². The van der Waals surface area contributed by atoms with Crippen LogP contribution in [-0.2, 0) is 0 Å². The van der Waals surface area contributed by atoms with Crippen LogP contribution < -0.4 is 0 Å². The third-order valence-corrected chi connectivity index (χ3v) is 11.4. The predicted molar refractivity (Wildman–Crippen MR) is 219 cm³/mol. The number of benzene rings is 8. The molecule has 0 aliphatic rings. The Kier molecular flexibility index (Phi) is 5.06. The summed E-state index contributed by atoms with van der Waals surface area (Å²) in [6.45, 7) is 0. The Labute approximate surface area is 300 Å². The molecule has 0 amide bonds. The van der Waals surface area contributed by atoms with Crippen molar-refractivity contribution in [1.82, 2.24) is 18.9 Å².